The lowest BCUT2D eigenvalue weighted by Crippen LogP contribution is -2.32. The van der Waals surface area contributed by atoms with Crippen LogP contribution in [0.4, 0.5) is 5.69 Å². The average molecular weight is 403 g/mol. The molecule has 3 amide bonds. The first kappa shape index (κ1) is 19.5. The Morgan fingerprint density at radius 2 is 1.80 bits per heavy atom. The van der Waals surface area contributed by atoms with Crippen LogP contribution in [-0.2, 0) is 6.54 Å². The van der Waals surface area contributed by atoms with Crippen molar-refractivity contribution >= 4 is 23.4 Å². The number of nitrogens with zero attached hydrogens (tertiary/aromatic N) is 4. The van der Waals surface area contributed by atoms with E-state index in [-0.39, 0.29) is 17.5 Å². The predicted molar refractivity (Wildman–Crippen MR) is 110 cm³/mol. The van der Waals surface area contributed by atoms with Crippen molar-refractivity contribution in [3.05, 3.63) is 77.4 Å². The van der Waals surface area contributed by atoms with Gasteiger partial charge in [-0.25, -0.2) is 14.6 Å². The van der Waals surface area contributed by atoms with Crippen LogP contribution in [0, 0.1) is 0 Å². The summed E-state index contributed by atoms with van der Waals surface area (Å²) < 4.78 is 1.68. The molecule has 2 aromatic carbocycles. The molecule has 1 aliphatic rings. The second kappa shape index (κ2) is 7.90. The highest BCUT2D eigenvalue weighted by Gasteiger charge is 2.37. The Hall–Kier alpha value is -3.81. The van der Waals surface area contributed by atoms with Crippen LogP contribution in [0.25, 0.3) is 0 Å². The summed E-state index contributed by atoms with van der Waals surface area (Å²) in [5.74, 6) is -1.09. The van der Waals surface area contributed by atoms with E-state index in [0.717, 1.165) is 16.9 Å². The topological polar surface area (TPSA) is 97.2 Å². The van der Waals surface area contributed by atoms with Crippen LogP contribution < -0.4 is 10.2 Å². The van der Waals surface area contributed by atoms with Crippen LogP contribution in [0.1, 0.15) is 56.9 Å². The minimum Gasteiger partial charge on any atom is -0.350 e. The summed E-state index contributed by atoms with van der Waals surface area (Å²) in [6.45, 7) is 4.43. The van der Waals surface area contributed by atoms with Crippen LogP contribution >= 0.6 is 0 Å². The van der Waals surface area contributed by atoms with Crippen molar-refractivity contribution < 1.29 is 14.4 Å². The van der Waals surface area contributed by atoms with E-state index in [1.807, 2.05) is 26.0 Å². The predicted octanol–water partition coefficient (Wildman–Crippen LogP) is 2.66. The van der Waals surface area contributed by atoms with E-state index in [4.69, 9.17) is 0 Å². The summed E-state index contributed by atoms with van der Waals surface area (Å²) in [4.78, 5) is 43.2. The third-order valence-electron chi connectivity index (χ3n) is 5.14. The molecular formula is C22H21N5O3. The van der Waals surface area contributed by atoms with Crippen LogP contribution in [-0.4, -0.2) is 38.5 Å². The summed E-state index contributed by atoms with van der Waals surface area (Å²) in [7, 11) is 0. The van der Waals surface area contributed by atoms with Crippen LogP contribution in [0.3, 0.4) is 0 Å². The van der Waals surface area contributed by atoms with Crippen molar-refractivity contribution in [3.63, 3.8) is 0 Å². The standard InChI is InChI=1S/C22H21N5O3/c1-3-14(2)25-20(28)16-6-9-18-19(10-16)22(30)27(21(18)29)17-7-4-15(5-8-17)11-26-13-23-12-24-26/h4-10,12-14H,3,11H2,1-2H3,(H,25,28). The molecule has 1 N–H and O–H groups in total. The maximum absolute atomic E-state index is 13.0. The monoisotopic (exact) mass is 403 g/mol. The van der Waals surface area contributed by atoms with E-state index in [1.165, 1.54) is 12.4 Å². The van der Waals surface area contributed by atoms with Crippen LogP contribution in [0.2, 0.25) is 0 Å². The molecule has 2 heterocycles. The molecule has 30 heavy (non-hydrogen) atoms. The van der Waals surface area contributed by atoms with Gasteiger partial charge in [0.05, 0.1) is 23.4 Å². The van der Waals surface area contributed by atoms with Gasteiger partial charge in [0.15, 0.2) is 0 Å². The number of hydrogen-bond donors (Lipinski definition) is 1. The van der Waals surface area contributed by atoms with Crippen molar-refractivity contribution in [2.45, 2.75) is 32.9 Å². The van der Waals surface area contributed by atoms with Gasteiger partial charge in [-0.05, 0) is 49.2 Å². The summed E-state index contributed by atoms with van der Waals surface area (Å²) in [5, 5.41) is 6.93. The summed E-state index contributed by atoms with van der Waals surface area (Å²) in [5.41, 5.74) is 2.34. The Kier molecular flexibility index (Phi) is 5.14. The largest absolute Gasteiger partial charge is 0.350 e. The highest BCUT2D eigenvalue weighted by Crippen LogP contribution is 2.29. The molecule has 1 atom stereocenters. The molecular weight excluding hydrogens is 382 g/mol. The maximum atomic E-state index is 13.0. The minimum absolute atomic E-state index is 0.0237. The normalized spacial score (nSPS) is 14.0. The van der Waals surface area contributed by atoms with Crippen molar-refractivity contribution in [2.24, 2.45) is 0 Å². The zero-order valence-corrected chi connectivity index (χ0v) is 16.7. The fraction of sp³-hybridized carbons (Fsp3) is 0.227. The van der Waals surface area contributed by atoms with E-state index in [0.29, 0.717) is 23.4 Å². The Morgan fingerprint density at radius 3 is 2.47 bits per heavy atom. The number of carbonyl (C=O) groups excluding carboxylic acids is 3. The number of anilines is 1. The molecule has 0 saturated heterocycles. The van der Waals surface area contributed by atoms with Crippen molar-refractivity contribution in [1.29, 1.82) is 0 Å². The molecule has 0 fully saturated rings. The second-order valence-electron chi connectivity index (χ2n) is 7.25. The molecule has 0 radical (unpaired) electrons. The maximum Gasteiger partial charge on any atom is 0.266 e. The molecule has 152 valence electrons. The smallest absolute Gasteiger partial charge is 0.266 e. The number of fused-ring (bicyclic) bond motifs is 1. The van der Waals surface area contributed by atoms with Gasteiger partial charge in [0.2, 0.25) is 0 Å². The molecule has 1 aliphatic heterocycles. The fourth-order valence-corrected chi connectivity index (χ4v) is 3.28. The van der Waals surface area contributed by atoms with E-state index in [9.17, 15) is 14.4 Å². The molecule has 8 nitrogen and oxygen atoms in total. The molecule has 0 saturated carbocycles. The van der Waals surface area contributed by atoms with E-state index in [1.54, 1.807) is 35.3 Å². The number of benzene rings is 2. The fourth-order valence-electron chi connectivity index (χ4n) is 3.28. The lowest BCUT2D eigenvalue weighted by atomic mass is 10.0. The quantitative estimate of drug-likeness (QED) is 0.638. The molecule has 1 aromatic heterocycles. The molecule has 0 spiro atoms. The van der Waals surface area contributed by atoms with Gasteiger partial charge in [-0.2, -0.15) is 5.10 Å². The van der Waals surface area contributed by atoms with E-state index >= 15 is 0 Å². The molecule has 1 unspecified atom stereocenters. The van der Waals surface area contributed by atoms with Crippen LogP contribution in [0.5, 0.6) is 0 Å². The van der Waals surface area contributed by atoms with Gasteiger partial charge in [0.25, 0.3) is 17.7 Å². The first-order chi connectivity index (χ1) is 14.5. The first-order valence-corrected chi connectivity index (χ1v) is 9.73. The van der Waals surface area contributed by atoms with Crippen molar-refractivity contribution in [3.8, 4) is 0 Å². The number of hydrogen-bond acceptors (Lipinski definition) is 5. The molecule has 4 rings (SSSR count). The number of amides is 3. The number of rotatable bonds is 6. The van der Waals surface area contributed by atoms with Gasteiger partial charge in [-0.3, -0.25) is 14.4 Å². The average Bonchev–Trinajstić information content (AvgIpc) is 3.35. The summed E-state index contributed by atoms with van der Waals surface area (Å²) in [6.07, 6.45) is 3.88. The highest BCUT2D eigenvalue weighted by molar-refractivity contribution is 6.34. The second-order valence-corrected chi connectivity index (χ2v) is 7.25. The van der Waals surface area contributed by atoms with Gasteiger partial charge in [0.1, 0.15) is 12.7 Å². The Labute approximate surface area is 173 Å². The third-order valence-corrected chi connectivity index (χ3v) is 5.14. The van der Waals surface area contributed by atoms with Gasteiger partial charge in [0, 0.05) is 11.6 Å². The Morgan fingerprint density at radius 1 is 1.07 bits per heavy atom. The van der Waals surface area contributed by atoms with E-state index in [2.05, 4.69) is 15.4 Å². The van der Waals surface area contributed by atoms with Gasteiger partial charge in [-0.1, -0.05) is 19.1 Å². The SMILES string of the molecule is CCC(C)NC(=O)c1ccc2c(c1)C(=O)N(c1ccc(Cn3cncn3)cc1)C2=O. The van der Waals surface area contributed by atoms with Crippen LogP contribution in [0.15, 0.2) is 55.1 Å². The molecule has 8 heteroatoms. The number of imide groups is 1. The lowest BCUT2D eigenvalue weighted by Gasteiger charge is -2.14. The Bertz CT molecular complexity index is 1110. The molecule has 0 bridgehead atoms. The first-order valence-electron chi connectivity index (χ1n) is 9.73. The van der Waals surface area contributed by atoms with Gasteiger partial charge in [-0.15, -0.1) is 0 Å². The Balaban J connectivity index is 1.56. The summed E-state index contributed by atoms with van der Waals surface area (Å²) >= 11 is 0. The molecule has 0 aliphatic carbocycles. The van der Waals surface area contributed by atoms with E-state index < -0.39 is 11.8 Å². The number of nitrogens with one attached hydrogen (secondary N) is 1. The zero-order valence-electron chi connectivity index (χ0n) is 16.7. The zero-order chi connectivity index (χ0) is 21.3. The minimum atomic E-state index is -0.433. The van der Waals surface area contributed by atoms with Gasteiger partial charge < -0.3 is 5.32 Å². The molecule has 3 aromatic rings. The number of carbonyl (C=O) groups is 3. The highest BCUT2D eigenvalue weighted by atomic mass is 16.2. The lowest BCUT2D eigenvalue weighted by molar-refractivity contribution is 0.0921. The van der Waals surface area contributed by atoms with Gasteiger partial charge >= 0.3 is 0 Å². The van der Waals surface area contributed by atoms with Crippen molar-refractivity contribution in [2.75, 3.05) is 4.90 Å². The third kappa shape index (κ3) is 3.59. The number of aromatic nitrogens is 3. The summed E-state index contributed by atoms with van der Waals surface area (Å²) in [6, 6.07) is 11.8. The van der Waals surface area contributed by atoms with Crippen molar-refractivity contribution in [1.82, 2.24) is 20.1 Å².